The van der Waals surface area contributed by atoms with Gasteiger partial charge in [0.1, 0.15) is 5.78 Å². The van der Waals surface area contributed by atoms with Crippen LogP contribution in [0.15, 0.2) is 11.6 Å². The second-order valence-corrected chi connectivity index (χ2v) is 7.69. The molecule has 3 nitrogen and oxygen atoms in total. The number of rotatable bonds is 0. The van der Waals surface area contributed by atoms with E-state index < -0.39 is 0 Å². The normalized spacial score (nSPS) is 45.8. The predicted molar refractivity (Wildman–Crippen MR) is 77.5 cm³/mol. The van der Waals surface area contributed by atoms with Gasteiger partial charge in [-0.15, -0.1) is 0 Å². The number of carbonyl (C=O) groups is 3. The summed E-state index contributed by atoms with van der Waals surface area (Å²) in [7, 11) is 0. The van der Waals surface area contributed by atoms with Crippen LogP contribution >= 0.6 is 0 Å². The van der Waals surface area contributed by atoms with Crippen molar-refractivity contribution in [2.24, 2.45) is 29.1 Å². The molecule has 0 aliphatic heterocycles. The first-order chi connectivity index (χ1) is 10.0. The lowest BCUT2D eigenvalue weighted by Gasteiger charge is -2.51. The first-order valence-corrected chi connectivity index (χ1v) is 8.31. The molecule has 0 radical (unpaired) electrons. The lowest BCUT2D eigenvalue weighted by Crippen LogP contribution is -2.48. The Bertz CT molecular complexity index is 573. The van der Waals surface area contributed by atoms with Crippen molar-refractivity contribution >= 4 is 17.3 Å². The molecule has 4 aliphatic carbocycles. The van der Waals surface area contributed by atoms with Gasteiger partial charge in [0.05, 0.1) is 0 Å². The second-order valence-electron chi connectivity index (χ2n) is 7.69. The van der Waals surface area contributed by atoms with Crippen LogP contribution in [0, 0.1) is 29.1 Å². The molecule has 0 spiro atoms. The van der Waals surface area contributed by atoms with Crippen LogP contribution < -0.4 is 0 Å². The molecule has 4 rings (SSSR count). The van der Waals surface area contributed by atoms with Gasteiger partial charge in [-0.25, -0.2) is 0 Å². The Morgan fingerprint density at radius 1 is 1.05 bits per heavy atom. The summed E-state index contributed by atoms with van der Waals surface area (Å²) >= 11 is 0. The van der Waals surface area contributed by atoms with Crippen LogP contribution in [-0.4, -0.2) is 17.3 Å². The van der Waals surface area contributed by atoms with Crippen LogP contribution in [0.4, 0.5) is 0 Å². The third kappa shape index (κ3) is 1.75. The summed E-state index contributed by atoms with van der Waals surface area (Å²) < 4.78 is 0. The maximum absolute atomic E-state index is 12.5. The molecular weight excluding hydrogens is 264 g/mol. The molecule has 0 unspecified atom stereocenters. The van der Waals surface area contributed by atoms with E-state index in [0.29, 0.717) is 42.8 Å². The summed E-state index contributed by atoms with van der Waals surface area (Å²) in [6, 6.07) is 0. The quantitative estimate of drug-likeness (QED) is 0.688. The predicted octanol–water partition coefficient (Wildman–Crippen LogP) is 2.88. The lowest BCUT2D eigenvalue weighted by atomic mass is 9.52. The highest BCUT2D eigenvalue weighted by molar-refractivity contribution is 6.05. The third-order valence-electron chi connectivity index (χ3n) is 6.88. The van der Waals surface area contributed by atoms with Crippen LogP contribution in [0.2, 0.25) is 0 Å². The largest absolute Gasteiger partial charge is 0.299 e. The zero-order chi connectivity index (χ0) is 14.8. The molecule has 3 saturated carbocycles. The molecule has 0 aromatic rings. The fourth-order valence-corrected chi connectivity index (χ4v) is 5.75. The van der Waals surface area contributed by atoms with Gasteiger partial charge in [-0.1, -0.05) is 6.92 Å². The summed E-state index contributed by atoms with van der Waals surface area (Å²) in [5, 5.41) is 0. The third-order valence-corrected chi connectivity index (χ3v) is 6.88. The molecular formula is C18H22O3. The Morgan fingerprint density at radius 3 is 2.67 bits per heavy atom. The van der Waals surface area contributed by atoms with Crippen LogP contribution in [-0.2, 0) is 14.4 Å². The zero-order valence-corrected chi connectivity index (χ0v) is 12.6. The number of hydrogen-bond acceptors (Lipinski definition) is 3. The van der Waals surface area contributed by atoms with E-state index in [-0.39, 0.29) is 22.9 Å². The van der Waals surface area contributed by atoms with E-state index in [4.69, 9.17) is 0 Å². The second kappa shape index (κ2) is 4.37. The van der Waals surface area contributed by atoms with Crippen molar-refractivity contribution in [2.45, 2.75) is 51.9 Å². The summed E-state index contributed by atoms with van der Waals surface area (Å²) in [4.78, 5) is 36.4. The van der Waals surface area contributed by atoms with E-state index >= 15 is 0 Å². The maximum atomic E-state index is 12.5. The Hall–Kier alpha value is -1.25. The zero-order valence-electron chi connectivity index (χ0n) is 12.6. The number of fused-ring (bicyclic) bond motifs is 5. The van der Waals surface area contributed by atoms with Crippen LogP contribution in [0.5, 0.6) is 0 Å². The average molecular weight is 286 g/mol. The Labute approximate surface area is 125 Å². The molecule has 3 fully saturated rings. The van der Waals surface area contributed by atoms with E-state index in [1.807, 2.05) is 0 Å². The van der Waals surface area contributed by atoms with Crippen molar-refractivity contribution in [3.05, 3.63) is 11.6 Å². The number of Topliss-reactive ketones (excluding diaryl/α,β-unsaturated/α-hetero) is 2. The van der Waals surface area contributed by atoms with Gasteiger partial charge in [0.25, 0.3) is 0 Å². The number of ketones is 3. The maximum Gasteiger partial charge on any atom is 0.159 e. The fourth-order valence-electron chi connectivity index (χ4n) is 5.75. The minimum Gasteiger partial charge on any atom is -0.299 e. The SMILES string of the molecule is C[C@]12CC[C@H]3[C@@H](CC(=O)C4=CC(=O)CC[C@@H]43)[C@@H]1CCC2=O. The highest BCUT2D eigenvalue weighted by Crippen LogP contribution is 2.59. The molecule has 0 bridgehead atoms. The van der Waals surface area contributed by atoms with Crippen molar-refractivity contribution in [3.63, 3.8) is 0 Å². The van der Waals surface area contributed by atoms with Gasteiger partial charge < -0.3 is 0 Å². The summed E-state index contributed by atoms with van der Waals surface area (Å²) in [5.74, 6) is 2.28. The number of hydrogen-bond donors (Lipinski definition) is 0. The molecule has 5 atom stereocenters. The lowest BCUT2D eigenvalue weighted by molar-refractivity contribution is -0.134. The summed E-state index contributed by atoms with van der Waals surface area (Å²) in [5.41, 5.74) is 0.632. The van der Waals surface area contributed by atoms with Gasteiger partial charge in [-0.2, -0.15) is 0 Å². The van der Waals surface area contributed by atoms with E-state index in [2.05, 4.69) is 6.92 Å². The standard InChI is InChI=1S/C18H22O3/c1-18-7-6-12-11-3-2-10(19)8-14(11)16(20)9-13(12)15(18)4-5-17(18)21/h8,11-13,15H,2-7,9H2,1H3/t11-,12-,13-,15+,18+/m1/s1. The van der Waals surface area contributed by atoms with Crippen molar-refractivity contribution < 1.29 is 14.4 Å². The van der Waals surface area contributed by atoms with Gasteiger partial charge in [0, 0.05) is 30.3 Å². The van der Waals surface area contributed by atoms with Crippen molar-refractivity contribution in [1.82, 2.24) is 0 Å². The molecule has 4 aliphatic rings. The highest BCUT2D eigenvalue weighted by atomic mass is 16.1. The monoisotopic (exact) mass is 286 g/mol. The fraction of sp³-hybridized carbons (Fsp3) is 0.722. The van der Waals surface area contributed by atoms with Crippen molar-refractivity contribution in [1.29, 1.82) is 0 Å². The molecule has 21 heavy (non-hydrogen) atoms. The Morgan fingerprint density at radius 2 is 1.86 bits per heavy atom. The Kier molecular flexibility index (Phi) is 2.79. The number of carbonyl (C=O) groups excluding carboxylic acids is 3. The minimum absolute atomic E-state index is 0.116. The molecule has 112 valence electrons. The minimum atomic E-state index is -0.173. The van der Waals surface area contributed by atoms with Crippen molar-refractivity contribution in [2.75, 3.05) is 0 Å². The van der Waals surface area contributed by atoms with Crippen LogP contribution in [0.1, 0.15) is 51.9 Å². The van der Waals surface area contributed by atoms with Gasteiger partial charge in [-0.3, -0.25) is 14.4 Å². The van der Waals surface area contributed by atoms with E-state index in [1.165, 1.54) is 0 Å². The van der Waals surface area contributed by atoms with E-state index in [0.717, 1.165) is 31.3 Å². The molecule has 0 heterocycles. The first-order valence-electron chi connectivity index (χ1n) is 8.31. The average Bonchev–Trinajstić information content (AvgIpc) is 2.76. The highest BCUT2D eigenvalue weighted by Gasteiger charge is 2.57. The van der Waals surface area contributed by atoms with Gasteiger partial charge in [0.2, 0.25) is 0 Å². The molecule has 0 aromatic heterocycles. The molecule has 3 heteroatoms. The molecule has 0 aromatic carbocycles. The van der Waals surface area contributed by atoms with Crippen LogP contribution in [0.3, 0.4) is 0 Å². The molecule has 0 saturated heterocycles. The van der Waals surface area contributed by atoms with Crippen LogP contribution in [0.25, 0.3) is 0 Å². The summed E-state index contributed by atoms with van der Waals surface area (Å²) in [6.07, 6.45) is 7.31. The topological polar surface area (TPSA) is 51.2 Å². The van der Waals surface area contributed by atoms with Gasteiger partial charge >= 0.3 is 0 Å². The van der Waals surface area contributed by atoms with E-state index in [1.54, 1.807) is 6.08 Å². The van der Waals surface area contributed by atoms with Crippen molar-refractivity contribution in [3.8, 4) is 0 Å². The van der Waals surface area contributed by atoms with E-state index in [9.17, 15) is 14.4 Å². The van der Waals surface area contributed by atoms with Gasteiger partial charge in [0.15, 0.2) is 11.6 Å². The summed E-state index contributed by atoms with van der Waals surface area (Å²) in [6.45, 7) is 2.13. The smallest absolute Gasteiger partial charge is 0.159 e. The first kappa shape index (κ1) is 13.4. The van der Waals surface area contributed by atoms with Gasteiger partial charge in [-0.05, 0) is 55.4 Å². The number of allylic oxidation sites excluding steroid dienone is 1. The molecule has 0 amide bonds. The Balaban J connectivity index is 1.70. The molecule has 0 N–H and O–H groups in total.